The van der Waals surface area contributed by atoms with E-state index >= 15 is 0 Å². The zero-order valence-electron chi connectivity index (χ0n) is 17.4. The summed E-state index contributed by atoms with van der Waals surface area (Å²) < 4.78 is 13.6. The monoisotopic (exact) mass is 426 g/mol. The Balaban J connectivity index is 1.65. The van der Waals surface area contributed by atoms with Crippen molar-refractivity contribution in [2.75, 3.05) is 6.61 Å². The largest absolute Gasteiger partial charge is 0.461 e. The lowest BCUT2D eigenvalue weighted by Crippen LogP contribution is -2.19. The van der Waals surface area contributed by atoms with Gasteiger partial charge in [0.1, 0.15) is 11.7 Å². The maximum atomic E-state index is 6.48. The van der Waals surface area contributed by atoms with Crippen molar-refractivity contribution in [3.8, 4) is 23.4 Å². The van der Waals surface area contributed by atoms with Gasteiger partial charge in [0.25, 0.3) is 0 Å². The molecule has 4 heterocycles. The number of ether oxygens (including phenoxy) is 1. The van der Waals surface area contributed by atoms with Crippen molar-refractivity contribution in [3.05, 3.63) is 29.4 Å². The SMILES string of the molecule is CCCCCCCC#Cc1nc(Cl)c2nc(-c3ccco3)n(C3CCCCO3)c2n1. The van der Waals surface area contributed by atoms with Crippen LogP contribution < -0.4 is 0 Å². The van der Waals surface area contributed by atoms with Gasteiger partial charge in [0, 0.05) is 13.0 Å². The Kier molecular flexibility index (Phi) is 7.03. The van der Waals surface area contributed by atoms with E-state index in [2.05, 4.69) is 23.7 Å². The number of halogens is 1. The molecule has 0 saturated carbocycles. The summed E-state index contributed by atoms with van der Waals surface area (Å²) in [5.41, 5.74) is 1.18. The van der Waals surface area contributed by atoms with E-state index in [-0.39, 0.29) is 6.23 Å². The highest BCUT2D eigenvalue weighted by molar-refractivity contribution is 6.33. The number of nitrogens with zero attached hydrogens (tertiary/aromatic N) is 4. The Labute approximate surface area is 182 Å². The van der Waals surface area contributed by atoms with E-state index in [4.69, 9.17) is 30.7 Å². The molecule has 0 N–H and O–H groups in total. The molecule has 3 aromatic rings. The first-order chi connectivity index (χ1) is 14.8. The Morgan fingerprint density at radius 1 is 1.17 bits per heavy atom. The number of aromatic nitrogens is 4. The second kappa shape index (κ2) is 10.1. The van der Waals surface area contributed by atoms with Gasteiger partial charge in [-0.2, -0.15) is 0 Å². The minimum Gasteiger partial charge on any atom is -0.461 e. The normalized spacial score (nSPS) is 16.5. The van der Waals surface area contributed by atoms with Crippen molar-refractivity contribution in [2.24, 2.45) is 0 Å². The predicted molar refractivity (Wildman–Crippen MR) is 117 cm³/mol. The summed E-state index contributed by atoms with van der Waals surface area (Å²) in [6.07, 6.45) is 11.5. The van der Waals surface area contributed by atoms with Gasteiger partial charge in [-0.1, -0.05) is 50.1 Å². The number of hydrogen-bond acceptors (Lipinski definition) is 5. The van der Waals surface area contributed by atoms with Crippen molar-refractivity contribution in [3.63, 3.8) is 0 Å². The average molecular weight is 427 g/mol. The summed E-state index contributed by atoms with van der Waals surface area (Å²) in [6.45, 7) is 2.93. The van der Waals surface area contributed by atoms with Crippen LogP contribution in [-0.2, 0) is 4.74 Å². The van der Waals surface area contributed by atoms with Crippen LogP contribution in [0, 0.1) is 11.8 Å². The Morgan fingerprint density at radius 2 is 2.07 bits per heavy atom. The molecule has 0 radical (unpaired) electrons. The Hall–Kier alpha value is -2.36. The van der Waals surface area contributed by atoms with Crippen LogP contribution >= 0.6 is 11.6 Å². The fourth-order valence-corrected chi connectivity index (χ4v) is 3.94. The van der Waals surface area contributed by atoms with E-state index in [1.165, 1.54) is 25.7 Å². The van der Waals surface area contributed by atoms with E-state index < -0.39 is 0 Å². The van der Waals surface area contributed by atoms with Crippen LogP contribution in [0.3, 0.4) is 0 Å². The summed E-state index contributed by atoms with van der Waals surface area (Å²) in [6, 6.07) is 3.71. The van der Waals surface area contributed by atoms with Gasteiger partial charge < -0.3 is 9.15 Å². The third kappa shape index (κ3) is 4.69. The van der Waals surface area contributed by atoms with Crippen molar-refractivity contribution in [2.45, 2.75) is 70.9 Å². The van der Waals surface area contributed by atoms with Gasteiger partial charge in [-0.3, -0.25) is 4.57 Å². The topological polar surface area (TPSA) is 66.0 Å². The molecule has 30 heavy (non-hydrogen) atoms. The molecule has 6 nitrogen and oxygen atoms in total. The second-order valence-electron chi connectivity index (χ2n) is 7.58. The zero-order chi connectivity index (χ0) is 20.8. The van der Waals surface area contributed by atoms with Crippen LogP contribution in [0.25, 0.3) is 22.7 Å². The fraction of sp³-hybridized carbons (Fsp3) is 0.522. The van der Waals surface area contributed by atoms with Crippen LogP contribution in [0.5, 0.6) is 0 Å². The van der Waals surface area contributed by atoms with Gasteiger partial charge >= 0.3 is 0 Å². The molecule has 1 atom stereocenters. The van der Waals surface area contributed by atoms with Crippen LogP contribution in [0.1, 0.15) is 76.8 Å². The molecular weight excluding hydrogens is 400 g/mol. The number of rotatable bonds is 7. The van der Waals surface area contributed by atoms with E-state index in [1.54, 1.807) is 6.26 Å². The third-order valence-electron chi connectivity index (χ3n) is 5.29. The molecule has 1 unspecified atom stereocenters. The molecule has 1 aliphatic heterocycles. The molecular formula is C23H27ClN4O2. The standard InChI is InChI=1S/C23H27ClN4O2/c1-2-3-4-5-6-7-8-13-18-25-21(24)20-23(26-18)28(19-14-9-10-15-30-19)22(27-20)17-12-11-16-29-17/h11-12,16,19H,2-7,9-10,14-15H2,1H3. The molecule has 0 spiro atoms. The van der Waals surface area contributed by atoms with Gasteiger partial charge in [0.05, 0.1) is 6.26 Å². The molecule has 158 valence electrons. The molecule has 4 rings (SSSR count). The molecule has 1 fully saturated rings. The molecule has 7 heteroatoms. The highest BCUT2D eigenvalue weighted by Crippen LogP contribution is 2.34. The fourth-order valence-electron chi connectivity index (χ4n) is 3.73. The maximum absolute atomic E-state index is 6.48. The lowest BCUT2D eigenvalue weighted by Gasteiger charge is -2.25. The van der Waals surface area contributed by atoms with Crippen molar-refractivity contribution < 1.29 is 9.15 Å². The quantitative estimate of drug-likeness (QED) is 0.257. The number of fused-ring (bicyclic) bond motifs is 1. The average Bonchev–Trinajstić information content (AvgIpc) is 3.42. The summed E-state index contributed by atoms with van der Waals surface area (Å²) in [5.74, 6) is 7.99. The van der Waals surface area contributed by atoms with E-state index in [9.17, 15) is 0 Å². The first kappa shape index (κ1) is 20.9. The van der Waals surface area contributed by atoms with E-state index in [1.807, 2.05) is 16.7 Å². The van der Waals surface area contributed by atoms with Crippen LogP contribution in [0.4, 0.5) is 0 Å². The molecule has 3 aromatic heterocycles. The smallest absolute Gasteiger partial charge is 0.208 e. The van der Waals surface area contributed by atoms with Gasteiger partial charge in [-0.15, -0.1) is 0 Å². The molecule has 0 amide bonds. The second-order valence-corrected chi connectivity index (χ2v) is 7.94. The van der Waals surface area contributed by atoms with Crippen LogP contribution in [0.2, 0.25) is 5.15 Å². The van der Waals surface area contributed by atoms with Gasteiger partial charge in [0.15, 0.2) is 22.4 Å². The van der Waals surface area contributed by atoms with E-state index in [0.29, 0.717) is 40.3 Å². The minimum absolute atomic E-state index is 0.158. The third-order valence-corrected chi connectivity index (χ3v) is 5.55. The lowest BCUT2D eigenvalue weighted by molar-refractivity contribution is -0.0289. The summed E-state index contributed by atoms with van der Waals surface area (Å²) in [5, 5.41) is 0.301. The Morgan fingerprint density at radius 3 is 2.83 bits per heavy atom. The van der Waals surface area contributed by atoms with Gasteiger partial charge in [-0.25, -0.2) is 15.0 Å². The molecule has 1 saturated heterocycles. The van der Waals surface area contributed by atoms with Crippen molar-refractivity contribution >= 4 is 22.8 Å². The first-order valence-electron chi connectivity index (χ1n) is 10.9. The Bertz CT molecular complexity index is 1030. The van der Waals surface area contributed by atoms with Crippen LogP contribution in [0.15, 0.2) is 22.8 Å². The highest BCUT2D eigenvalue weighted by Gasteiger charge is 2.26. The number of hydrogen-bond donors (Lipinski definition) is 0. The number of furan rings is 1. The number of unbranched alkanes of at least 4 members (excludes halogenated alkanes) is 5. The molecule has 0 aliphatic carbocycles. The summed E-state index contributed by atoms with van der Waals surface area (Å²) in [7, 11) is 0. The minimum atomic E-state index is -0.158. The highest BCUT2D eigenvalue weighted by atomic mass is 35.5. The lowest BCUT2D eigenvalue weighted by atomic mass is 10.1. The van der Waals surface area contributed by atoms with Crippen molar-refractivity contribution in [1.29, 1.82) is 0 Å². The maximum Gasteiger partial charge on any atom is 0.208 e. The van der Waals surface area contributed by atoms with Crippen LogP contribution in [-0.4, -0.2) is 26.1 Å². The van der Waals surface area contributed by atoms with Gasteiger partial charge in [0.2, 0.25) is 5.82 Å². The van der Waals surface area contributed by atoms with Crippen molar-refractivity contribution in [1.82, 2.24) is 19.5 Å². The molecule has 1 aliphatic rings. The van der Waals surface area contributed by atoms with Gasteiger partial charge in [-0.05, 0) is 43.7 Å². The first-order valence-corrected chi connectivity index (χ1v) is 11.3. The molecule has 0 bridgehead atoms. The van der Waals surface area contributed by atoms with E-state index in [0.717, 1.165) is 32.1 Å². The zero-order valence-corrected chi connectivity index (χ0v) is 18.1. The number of imidazole rings is 1. The molecule has 0 aromatic carbocycles. The summed E-state index contributed by atoms with van der Waals surface area (Å²) in [4.78, 5) is 13.8. The predicted octanol–water partition coefficient (Wildman–Crippen LogP) is 6.15. The summed E-state index contributed by atoms with van der Waals surface area (Å²) >= 11 is 6.48.